The fraction of sp³-hybridized carbons (Fsp3) is 0.429. The first kappa shape index (κ1) is 17.5. The van der Waals surface area contributed by atoms with Crippen molar-refractivity contribution in [1.29, 1.82) is 0 Å². The van der Waals surface area contributed by atoms with E-state index in [4.69, 9.17) is 19.8 Å². The molecule has 0 heterocycles. The summed E-state index contributed by atoms with van der Waals surface area (Å²) in [5.74, 6) is -3.27. The lowest BCUT2D eigenvalue weighted by Crippen LogP contribution is -2.25. The molecule has 0 bridgehead atoms. The van der Waals surface area contributed by atoms with Crippen molar-refractivity contribution >= 4 is 27.9 Å². The van der Waals surface area contributed by atoms with Crippen molar-refractivity contribution in [2.24, 2.45) is 0 Å². The zero-order valence-electron chi connectivity index (χ0n) is 11.4. The van der Waals surface area contributed by atoms with Crippen LogP contribution in [0.3, 0.4) is 0 Å². The highest BCUT2D eigenvalue weighted by Gasteiger charge is 2.14. The molecule has 0 radical (unpaired) electrons. The van der Waals surface area contributed by atoms with Crippen molar-refractivity contribution < 1.29 is 24.9 Å². The lowest BCUT2D eigenvalue weighted by atomic mass is 10.2. The molecule has 1 fully saturated rings. The monoisotopic (exact) mass is 359 g/mol. The maximum absolute atomic E-state index is 9.65. The van der Waals surface area contributed by atoms with Crippen molar-refractivity contribution in [1.82, 2.24) is 5.32 Å². The first-order valence-corrected chi connectivity index (χ1v) is 7.36. The van der Waals surface area contributed by atoms with Crippen molar-refractivity contribution in [2.45, 2.75) is 38.3 Å². The number of halogens is 1. The van der Waals surface area contributed by atoms with Gasteiger partial charge in [0, 0.05) is 22.6 Å². The third-order valence-electron chi connectivity index (χ3n) is 3.16. The zero-order valence-corrected chi connectivity index (χ0v) is 13.0. The van der Waals surface area contributed by atoms with E-state index in [-0.39, 0.29) is 0 Å². The quantitative estimate of drug-likeness (QED) is 0.617. The highest BCUT2D eigenvalue weighted by Crippen LogP contribution is 2.23. The number of nitrogens with one attached hydrogen (secondary N) is 1. The highest BCUT2D eigenvalue weighted by molar-refractivity contribution is 9.10. The van der Waals surface area contributed by atoms with Crippen molar-refractivity contribution in [2.75, 3.05) is 0 Å². The van der Waals surface area contributed by atoms with Crippen LogP contribution < -0.4 is 5.32 Å². The fourth-order valence-corrected chi connectivity index (χ4v) is 2.49. The molecule has 116 valence electrons. The number of aromatic hydroxyl groups is 1. The Bertz CT molecular complexity index is 488. The second kappa shape index (κ2) is 8.63. The largest absolute Gasteiger partial charge is 0.508 e. The van der Waals surface area contributed by atoms with Crippen LogP contribution in [-0.2, 0) is 16.1 Å². The highest BCUT2D eigenvalue weighted by atomic mass is 79.9. The molecule has 7 heteroatoms. The number of hydrogen-bond donors (Lipinski definition) is 4. The molecular weight excluding hydrogens is 342 g/mol. The smallest absolute Gasteiger partial charge is 0.414 e. The maximum atomic E-state index is 9.65. The molecule has 4 N–H and O–H groups in total. The normalized spacial score (nSPS) is 14.3. The number of rotatable bonds is 3. The number of phenolic OH excluding ortho intramolecular Hbond substituents is 1. The molecule has 2 rings (SSSR count). The summed E-state index contributed by atoms with van der Waals surface area (Å²) >= 11 is 3.41. The number of aliphatic carboxylic acids is 2. The third-order valence-corrected chi connectivity index (χ3v) is 3.65. The minimum Gasteiger partial charge on any atom is -0.508 e. The summed E-state index contributed by atoms with van der Waals surface area (Å²) in [6.07, 6.45) is 5.22. The number of phenols is 1. The van der Waals surface area contributed by atoms with Gasteiger partial charge < -0.3 is 20.6 Å². The van der Waals surface area contributed by atoms with E-state index in [1.807, 2.05) is 12.1 Å². The lowest BCUT2D eigenvalue weighted by molar-refractivity contribution is -0.159. The Balaban J connectivity index is 0.000000315. The SMILES string of the molecule is O=C(O)C(=O)O.Oc1ccc(Br)cc1CNC1CCCC1. The minimum absolute atomic E-state index is 0.378. The van der Waals surface area contributed by atoms with Gasteiger partial charge in [-0.2, -0.15) is 0 Å². The zero-order chi connectivity index (χ0) is 15.8. The van der Waals surface area contributed by atoms with Crippen LogP contribution in [0.15, 0.2) is 22.7 Å². The summed E-state index contributed by atoms with van der Waals surface area (Å²) in [6.45, 7) is 0.760. The summed E-state index contributed by atoms with van der Waals surface area (Å²) in [6, 6.07) is 6.20. The van der Waals surface area contributed by atoms with E-state index in [0.29, 0.717) is 11.8 Å². The van der Waals surface area contributed by atoms with Gasteiger partial charge in [0.05, 0.1) is 0 Å². The Labute approximate surface area is 130 Å². The topological polar surface area (TPSA) is 107 Å². The third kappa shape index (κ3) is 6.59. The molecular formula is C14H18BrNO5. The molecule has 0 aliphatic heterocycles. The van der Waals surface area contributed by atoms with Crippen molar-refractivity contribution in [3.05, 3.63) is 28.2 Å². The standard InChI is InChI=1S/C12H16BrNO.C2H2O4/c13-10-5-6-12(15)9(7-10)8-14-11-3-1-2-4-11;3-1(4)2(5)6/h5-7,11,14-15H,1-4,8H2;(H,3,4)(H,5,6). The number of hydrogen-bond acceptors (Lipinski definition) is 4. The van der Waals surface area contributed by atoms with Gasteiger partial charge in [0.1, 0.15) is 5.75 Å². The Kier molecular flexibility index (Phi) is 7.18. The Morgan fingerprint density at radius 3 is 2.29 bits per heavy atom. The minimum atomic E-state index is -1.82. The van der Waals surface area contributed by atoms with Crippen molar-refractivity contribution in [3.8, 4) is 5.75 Å². The molecule has 6 nitrogen and oxygen atoms in total. The average molecular weight is 360 g/mol. The molecule has 1 aliphatic rings. The predicted octanol–water partition coefficient (Wildman–Crippen LogP) is 2.34. The molecule has 21 heavy (non-hydrogen) atoms. The van der Waals surface area contributed by atoms with E-state index < -0.39 is 11.9 Å². The molecule has 0 atom stereocenters. The molecule has 1 aliphatic carbocycles. The van der Waals surface area contributed by atoms with Crippen LogP contribution >= 0.6 is 15.9 Å². The summed E-state index contributed by atoms with van der Waals surface area (Å²) in [7, 11) is 0. The lowest BCUT2D eigenvalue weighted by Gasteiger charge is -2.12. The molecule has 0 unspecified atom stereocenters. The van der Waals surface area contributed by atoms with Gasteiger partial charge in [0.15, 0.2) is 0 Å². The van der Waals surface area contributed by atoms with E-state index in [9.17, 15) is 5.11 Å². The summed E-state index contributed by atoms with van der Waals surface area (Å²) in [5, 5.41) is 27.9. The van der Waals surface area contributed by atoms with Crippen LogP contribution in [0, 0.1) is 0 Å². The molecule has 0 spiro atoms. The first-order chi connectivity index (χ1) is 9.90. The molecule has 1 aromatic rings. The molecule has 1 saturated carbocycles. The van der Waals surface area contributed by atoms with Crippen LogP contribution in [0.25, 0.3) is 0 Å². The Hall–Kier alpha value is -1.60. The van der Waals surface area contributed by atoms with Gasteiger partial charge in [-0.05, 0) is 31.0 Å². The molecule has 0 saturated heterocycles. The van der Waals surface area contributed by atoms with Gasteiger partial charge in [-0.15, -0.1) is 0 Å². The van der Waals surface area contributed by atoms with Gasteiger partial charge in [-0.25, -0.2) is 9.59 Å². The van der Waals surface area contributed by atoms with E-state index in [1.165, 1.54) is 25.7 Å². The van der Waals surface area contributed by atoms with E-state index in [2.05, 4.69) is 21.2 Å². The number of benzene rings is 1. The first-order valence-electron chi connectivity index (χ1n) is 6.57. The number of carbonyl (C=O) groups is 2. The van der Waals surface area contributed by atoms with Gasteiger partial charge in [0.2, 0.25) is 0 Å². The van der Waals surface area contributed by atoms with Gasteiger partial charge in [-0.3, -0.25) is 0 Å². The Morgan fingerprint density at radius 1 is 1.19 bits per heavy atom. The van der Waals surface area contributed by atoms with E-state index >= 15 is 0 Å². The van der Waals surface area contributed by atoms with Crippen LogP contribution in [0.1, 0.15) is 31.2 Å². The number of carboxylic acids is 2. The van der Waals surface area contributed by atoms with Crippen LogP contribution in [0.2, 0.25) is 0 Å². The second-order valence-corrected chi connectivity index (χ2v) is 5.66. The van der Waals surface area contributed by atoms with Gasteiger partial charge in [-0.1, -0.05) is 28.8 Å². The number of carboxylic acid groups (broad SMARTS) is 2. The average Bonchev–Trinajstić information content (AvgIpc) is 2.93. The second-order valence-electron chi connectivity index (χ2n) is 4.75. The summed E-state index contributed by atoms with van der Waals surface area (Å²) in [4.78, 5) is 18.2. The summed E-state index contributed by atoms with van der Waals surface area (Å²) in [5.41, 5.74) is 0.969. The molecule has 1 aromatic carbocycles. The summed E-state index contributed by atoms with van der Waals surface area (Å²) < 4.78 is 1.02. The predicted molar refractivity (Wildman–Crippen MR) is 80.2 cm³/mol. The van der Waals surface area contributed by atoms with E-state index in [1.54, 1.807) is 6.07 Å². The van der Waals surface area contributed by atoms with Crippen LogP contribution in [-0.4, -0.2) is 33.3 Å². The molecule has 0 aromatic heterocycles. The fourth-order valence-electron chi connectivity index (χ4n) is 2.08. The maximum Gasteiger partial charge on any atom is 0.414 e. The van der Waals surface area contributed by atoms with Gasteiger partial charge >= 0.3 is 11.9 Å². The van der Waals surface area contributed by atoms with Crippen LogP contribution in [0.4, 0.5) is 0 Å². The molecule has 0 amide bonds. The van der Waals surface area contributed by atoms with Gasteiger partial charge in [0.25, 0.3) is 0 Å². The van der Waals surface area contributed by atoms with Crippen LogP contribution in [0.5, 0.6) is 5.75 Å². The Morgan fingerprint density at radius 2 is 1.76 bits per heavy atom. The van der Waals surface area contributed by atoms with Crippen molar-refractivity contribution in [3.63, 3.8) is 0 Å². The van der Waals surface area contributed by atoms with E-state index in [0.717, 1.165) is 16.6 Å².